The molecule has 0 bridgehead atoms. The summed E-state index contributed by atoms with van der Waals surface area (Å²) in [4.78, 5) is 32.5. The van der Waals surface area contributed by atoms with Gasteiger partial charge in [-0.1, -0.05) is 26.2 Å². The number of rotatable bonds is 7. The first kappa shape index (κ1) is 29.2. The van der Waals surface area contributed by atoms with Crippen LogP contribution in [-0.2, 0) is 21.6 Å². The number of halogens is 4. The van der Waals surface area contributed by atoms with Gasteiger partial charge in [0.25, 0.3) is 0 Å². The molecule has 0 unspecified atom stereocenters. The van der Waals surface area contributed by atoms with Gasteiger partial charge >= 0.3 is 12.1 Å². The van der Waals surface area contributed by atoms with Crippen LogP contribution in [0.3, 0.4) is 0 Å². The molecule has 0 radical (unpaired) electrons. The van der Waals surface area contributed by atoms with Gasteiger partial charge in [-0.2, -0.15) is 13.2 Å². The van der Waals surface area contributed by atoms with Gasteiger partial charge in [0, 0.05) is 24.0 Å². The predicted octanol–water partition coefficient (Wildman–Crippen LogP) is 7.91. The number of benzene rings is 1. The van der Waals surface area contributed by atoms with Crippen LogP contribution < -0.4 is 9.64 Å². The Kier molecular flexibility index (Phi) is 9.41. The highest BCUT2D eigenvalue weighted by Gasteiger charge is 2.37. The molecule has 39 heavy (non-hydrogen) atoms. The summed E-state index contributed by atoms with van der Waals surface area (Å²) in [6, 6.07) is 5.18. The lowest BCUT2D eigenvalue weighted by Crippen LogP contribution is -2.46. The highest BCUT2D eigenvalue weighted by atomic mass is 35.5. The maximum atomic E-state index is 14.0. The second-order valence-electron chi connectivity index (χ2n) is 10.6. The number of esters is 1. The zero-order valence-electron chi connectivity index (χ0n) is 22.2. The van der Waals surface area contributed by atoms with Crippen LogP contribution in [-0.4, -0.2) is 30.0 Å². The van der Waals surface area contributed by atoms with Crippen LogP contribution >= 0.6 is 11.6 Å². The average Bonchev–Trinajstić information content (AvgIpc) is 2.94. The number of methoxy groups -OCH3 is 1. The minimum atomic E-state index is -4.72. The van der Waals surface area contributed by atoms with Gasteiger partial charge in [0.2, 0.25) is 11.8 Å². The van der Waals surface area contributed by atoms with Crippen molar-refractivity contribution in [1.29, 1.82) is 0 Å². The largest absolute Gasteiger partial charge is 0.465 e. The van der Waals surface area contributed by atoms with Crippen LogP contribution in [0.2, 0.25) is 0 Å². The van der Waals surface area contributed by atoms with E-state index in [2.05, 4.69) is 11.9 Å². The van der Waals surface area contributed by atoms with Crippen molar-refractivity contribution in [3.05, 3.63) is 47.2 Å². The molecule has 0 spiro atoms. The average molecular weight is 567 g/mol. The zero-order chi connectivity index (χ0) is 28.2. The van der Waals surface area contributed by atoms with Gasteiger partial charge in [-0.15, -0.1) is 11.6 Å². The summed E-state index contributed by atoms with van der Waals surface area (Å²) < 4.78 is 51.7. The normalized spacial score (nSPS) is 20.4. The molecule has 2 aromatic rings. The molecule has 2 aliphatic rings. The summed E-state index contributed by atoms with van der Waals surface area (Å²) in [6.45, 7) is 2.19. The van der Waals surface area contributed by atoms with Crippen LogP contribution in [0.25, 0.3) is 0 Å². The fourth-order valence-electron chi connectivity index (χ4n) is 5.57. The minimum Gasteiger partial charge on any atom is -0.465 e. The van der Waals surface area contributed by atoms with E-state index >= 15 is 0 Å². The molecule has 1 heterocycles. The van der Waals surface area contributed by atoms with E-state index in [9.17, 15) is 22.8 Å². The van der Waals surface area contributed by atoms with Crippen LogP contribution in [0.4, 0.5) is 18.9 Å². The van der Waals surface area contributed by atoms with Crippen LogP contribution in [0.5, 0.6) is 11.6 Å². The summed E-state index contributed by atoms with van der Waals surface area (Å²) in [6.07, 6.45) is 4.71. The predicted molar refractivity (Wildman–Crippen MR) is 142 cm³/mol. The number of hydrogen-bond donors (Lipinski definition) is 0. The lowest BCUT2D eigenvalue weighted by atomic mass is 9.81. The SMILES string of the molecule is COC(=O)c1cc(Oc2ncc(CCl)cc2C(F)(F)F)ccc1N(C(=O)[C@H]1CC[C@H](C)CC1)C1CCCCC1. The first-order valence-electron chi connectivity index (χ1n) is 13.5. The van der Waals surface area contributed by atoms with Crippen molar-refractivity contribution in [3.63, 3.8) is 0 Å². The molecule has 2 saturated carbocycles. The lowest BCUT2D eigenvalue weighted by molar-refractivity contribution is -0.139. The van der Waals surface area contributed by atoms with E-state index in [1.165, 1.54) is 25.4 Å². The number of carbonyl (C=O) groups excluding carboxylic acids is 2. The lowest BCUT2D eigenvalue weighted by Gasteiger charge is -2.38. The fraction of sp³-hybridized carbons (Fsp3) is 0.552. The van der Waals surface area contributed by atoms with Crippen molar-refractivity contribution in [1.82, 2.24) is 4.98 Å². The maximum absolute atomic E-state index is 14.0. The third kappa shape index (κ3) is 6.86. The first-order valence-corrected chi connectivity index (χ1v) is 14.0. The summed E-state index contributed by atoms with van der Waals surface area (Å²) in [5.41, 5.74) is -0.425. The van der Waals surface area contributed by atoms with E-state index in [-0.39, 0.29) is 40.6 Å². The van der Waals surface area contributed by atoms with Crippen molar-refractivity contribution in [2.24, 2.45) is 11.8 Å². The first-order chi connectivity index (χ1) is 18.6. The Labute approximate surface area is 231 Å². The van der Waals surface area contributed by atoms with Crippen molar-refractivity contribution >= 4 is 29.2 Å². The van der Waals surface area contributed by atoms with Crippen LogP contribution in [0.15, 0.2) is 30.5 Å². The molecule has 0 aliphatic heterocycles. The van der Waals surface area contributed by atoms with Gasteiger partial charge in [0.1, 0.15) is 11.3 Å². The molecule has 0 saturated heterocycles. The molecule has 1 aromatic heterocycles. The van der Waals surface area contributed by atoms with Gasteiger partial charge in [-0.25, -0.2) is 9.78 Å². The molecule has 4 rings (SSSR count). The molecule has 0 N–H and O–H groups in total. The van der Waals surface area contributed by atoms with Crippen molar-refractivity contribution in [3.8, 4) is 11.6 Å². The number of pyridine rings is 1. The van der Waals surface area contributed by atoms with Gasteiger partial charge in [-0.05, 0) is 74.3 Å². The maximum Gasteiger partial charge on any atom is 0.421 e. The Morgan fingerprint density at radius 1 is 1.05 bits per heavy atom. The van der Waals surface area contributed by atoms with E-state index in [1.807, 2.05) is 0 Å². The van der Waals surface area contributed by atoms with E-state index in [0.29, 0.717) is 11.6 Å². The molecule has 1 amide bonds. The van der Waals surface area contributed by atoms with Crippen molar-refractivity contribution in [2.75, 3.05) is 12.0 Å². The Balaban J connectivity index is 1.73. The summed E-state index contributed by atoms with van der Waals surface area (Å²) in [5, 5.41) is 0. The molecule has 6 nitrogen and oxygen atoms in total. The standard InChI is InChI=1S/C29H34ClF3N2O4/c1-18-8-10-20(11-9-18)27(36)35(21-6-4-3-5-7-21)25-13-12-22(15-23(25)28(37)38-2)39-26-24(29(31,32)33)14-19(16-30)17-34-26/h12-15,17-18,20-21H,3-11,16H2,1-2H3/t18-,20-. The minimum absolute atomic E-state index is 0.00897. The number of anilines is 1. The Hall–Kier alpha value is -2.81. The molecule has 10 heteroatoms. The number of aromatic nitrogens is 1. The van der Waals surface area contributed by atoms with Gasteiger partial charge in [0.05, 0.1) is 18.4 Å². The molecule has 212 valence electrons. The fourth-order valence-corrected chi connectivity index (χ4v) is 5.71. The van der Waals surface area contributed by atoms with Crippen molar-refractivity contribution < 1.29 is 32.2 Å². The summed E-state index contributed by atoms with van der Waals surface area (Å²) in [5.74, 6) is -1.10. The van der Waals surface area contributed by atoms with Crippen LogP contribution in [0, 0.1) is 11.8 Å². The third-order valence-corrected chi connectivity index (χ3v) is 8.07. The quantitative estimate of drug-likeness (QED) is 0.251. The van der Waals surface area contributed by atoms with E-state index in [4.69, 9.17) is 21.1 Å². The second-order valence-corrected chi connectivity index (χ2v) is 10.8. The van der Waals surface area contributed by atoms with Gasteiger partial charge < -0.3 is 14.4 Å². The molecule has 2 aliphatic carbocycles. The molecular formula is C29H34ClF3N2O4. The molecule has 1 aromatic carbocycles. The van der Waals surface area contributed by atoms with Crippen LogP contribution in [0.1, 0.15) is 86.2 Å². The Bertz CT molecular complexity index is 1180. The number of amides is 1. The number of alkyl halides is 4. The second kappa shape index (κ2) is 12.6. The van der Waals surface area contributed by atoms with E-state index in [0.717, 1.165) is 63.9 Å². The van der Waals surface area contributed by atoms with E-state index in [1.54, 1.807) is 11.0 Å². The summed E-state index contributed by atoms with van der Waals surface area (Å²) >= 11 is 5.70. The highest BCUT2D eigenvalue weighted by molar-refractivity contribution is 6.17. The molecule has 0 atom stereocenters. The zero-order valence-corrected chi connectivity index (χ0v) is 23.0. The molecular weight excluding hydrogens is 533 g/mol. The topological polar surface area (TPSA) is 68.7 Å². The monoisotopic (exact) mass is 566 g/mol. The van der Waals surface area contributed by atoms with Crippen molar-refractivity contribution in [2.45, 2.75) is 82.8 Å². The molecule has 2 fully saturated rings. The summed E-state index contributed by atoms with van der Waals surface area (Å²) in [7, 11) is 1.23. The van der Waals surface area contributed by atoms with Gasteiger partial charge in [-0.3, -0.25) is 4.79 Å². The Morgan fingerprint density at radius 3 is 2.36 bits per heavy atom. The number of hydrogen-bond acceptors (Lipinski definition) is 5. The van der Waals surface area contributed by atoms with E-state index < -0.39 is 23.6 Å². The smallest absolute Gasteiger partial charge is 0.421 e. The highest BCUT2D eigenvalue weighted by Crippen LogP contribution is 2.40. The number of ether oxygens (including phenoxy) is 2. The third-order valence-electron chi connectivity index (χ3n) is 7.76. The number of nitrogens with zero attached hydrogens (tertiary/aromatic N) is 2. The Morgan fingerprint density at radius 2 is 1.74 bits per heavy atom. The number of carbonyl (C=O) groups is 2. The van der Waals surface area contributed by atoms with Gasteiger partial charge in [0.15, 0.2) is 0 Å².